The Kier molecular flexibility index (Phi) is 5.24. The number of hydrogen-bond acceptors (Lipinski definition) is 7. The van der Waals surface area contributed by atoms with E-state index in [1.165, 1.54) is 17.9 Å². The number of aliphatic hydroxyl groups is 1. The molecule has 2 heterocycles. The van der Waals surface area contributed by atoms with Crippen LogP contribution in [0.5, 0.6) is 5.88 Å². The Morgan fingerprint density at radius 3 is 2.73 bits per heavy atom. The summed E-state index contributed by atoms with van der Waals surface area (Å²) >= 11 is 5.91. The average Bonchev–Trinajstić information content (AvgIpc) is 3.23. The number of rotatable bonds is 6. The molecule has 3 aromatic rings. The third-order valence-electron chi connectivity index (χ3n) is 3.75. The molecule has 9 heteroatoms. The molecule has 26 heavy (non-hydrogen) atoms. The summed E-state index contributed by atoms with van der Waals surface area (Å²) in [4.78, 5) is 11.6. The van der Waals surface area contributed by atoms with Gasteiger partial charge in [-0.25, -0.2) is 4.79 Å². The van der Waals surface area contributed by atoms with Crippen LogP contribution in [0.2, 0.25) is 5.02 Å². The lowest BCUT2D eigenvalue weighted by Gasteiger charge is -2.05. The molecule has 0 aliphatic heterocycles. The Labute approximate surface area is 153 Å². The normalized spacial score (nSPS) is 10.8. The molecule has 3 rings (SSSR count). The van der Waals surface area contributed by atoms with Crippen molar-refractivity contribution >= 4 is 17.6 Å². The van der Waals surface area contributed by atoms with Gasteiger partial charge < -0.3 is 19.1 Å². The first-order chi connectivity index (χ1) is 12.5. The van der Waals surface area contributed by atoms with Gasteiger partial charge >= 0.3 is 5.97 Å². The summed E-state index contributed by atoms with van der Waals surface area (Å²) < 4.78 is 16.9. The molecule has 8 nitrogen and oxygen atoms in total. The lowest BCUT2D eigenvalue weighted by atomic mass is 10.1. The van der Waals surface area contributed by atoms with Gasteiger partial charge in [-0.05, 0) is 12.1 Å². The second-order valence-electron chi connectivity index (χ2n) is 5.37. The first-order valence-electron chi connectivity index (χ1n) is 7.63. The van der Waals surface area contributed by atoms with Crippen LogP contribution in [0.15, 0.2) is 34.9 Å². The minimum atomic E-state index is -0.516. The number of benzene rings is 1. The van der Waals surface area contributed by atoms with Crippen LogP contribution in [0.4, 0.5) is 0 Å². The van der Waals surface area contributed by atoms with Crippen molar-refractivity contribution in [3.05, 3.63) is 52.4 Å². The summed E-state index contributed by atoms with van der Waals surface area (Å²) in [6.07, 6.45) is 0. The monoisotopic (exact) mass is 377 g/mol. The number of aryl methyl sites for hydroxylation is 1. The zero-order valence-electron chi connectivity index (χ0n) is 14.1. The lowest BCUT2D eigenvalue weighted by Crippen LogP contribution is -2.07. The van der Waals surface area contributed by atoms with Crippen LogP contribution >= 0.6 is 11.6 Å². The molecule has 0 aliphatic rings. The molecular formula is C17H16ClN3O5. The molecule has 0 saturated carbocycles. The summed E-state index contributed by atoms with van der Waals surface area (Å²) in [6, 6.07) is 8.52. The molecular weight excluding hydrogens is 362 g/mol. The summed E-state index contributed by atoms with van der Waals surface area (Å²) in [5, 5.41) is 18.2. The van der Waals surface area contributed by atoms with Crippen molar-refractivity contribution in [2.45, 2.75) is 13.2 Å². The summed E-state index contributed by atoms with van der Waals surface area (Å²) in [5.74, 6) is 0.0110. The molecule has 0 spiro atoms. The van der Waals surface area contributed by atoms with Crippen LogP contribution in [0.1, 0.15) is 21.8 Å². The number of ether oxygens (including phenoxy) is 2. The number of esters is 1. The van der Waals surface area contributed by atoms with Crippen molar-refractivity contribution < 1.29 is 23.9 Å². The van der Waals surface area contributed by atoms with Crippen LogP contribution in [0, 0.1) is 0 Å². The van der Waals surface area contributed by atoms with Gasteiger partial charge in [-0.2, -0.15) is 0 Å². The molecule has 0 bridgehead atoms. The van der Waals surface area contributed by atoms with E-state index in [1.54, 1.807) is 31.3 Å². The molecule has 0 fully saturated rings. The Hall–Kier alpha value is -2.84. The summed E-state index contributed by atoms with van der Waals surface area (Å²) in [7, 11) is 2.90. The number of carbonyl (C=O) groups excluding carboxylic acids is 1. The highest BCUT2D eigenvalue weighted by Crippen LogP contribution is 2.28. The topological polar surface area (TPSA) is 99.6 Å². The first kappa shape index (κ1) is 18.0. The second kappa shape index (κ2) is 7.59. The van der Waals surface area contributed by atoms with Gasteiger partial charge in [0.25, 0.3) is 0 Å². The van der Waals surface area contributed by atoms with E-state index in [1.807, 2.05) is 0 Å². The molecule has 2 aromatic heterocycles. The predicted molar refractivity (Wildman–Crippen MR) is 91.8 cm³/mol. The highest BCUT2D eigenvalue weighted by molar-refractivity contribution is 6.30. The van der Waals surface area contributed by atoms with Crippen molar-refractivity contribution in [3.8, 4) is 17.1 Å². The zero-order valence-corrected chi connectivity index (χ0v) is 14.9. The molecule has 0 saturated heterocycles. The minimum Gasteiger partial charge on any atom is -0.471 e. The number of aliphatic hydroxyl groups excluding tert-OH is 1. The van der Waals surface area contributed by atoms with Crippen LogP contribution in [0.25, 0.3) is 11.3 Å². The highest BCUT2D eigenvalue weighted by Gasteiger charge is 2.19. The number of aromatic nitrogens is 3. The average molecular weight is 378 g/mol. The molecule has 1 aromatic carbocycles. The fraction of sp³-hybridized carbons (Fsp3) is 0.235. The van der Waals surface area contributed by atoms with E-state index >= 15 is 0 Å². The van der Waals surface area contributed by atoms with E-state index in [-0.39, 0.29) is 24.8 Å². The third-order valence-corrected chi connectivity index (χ3v) is 4.00. The van der Waals surface area contributed by atoms with E-state index in [0.29, 0.717) is 22.0 Å². The highest BCUT2D eigenvalue weighted by atomic mass is 35.5. The van der Waals surface area contributed by atoms with E-state index in [4.69, 9.17) is 20.9 Å². The van der Waals surface area contributed by atoms with E-state index in [9.17, 15) is 9.90 Å². The van der Waals surface area contributed by atoms with E-state index < -0.39 is 5.97 Å². The number of methoxy groups -OCH3 is 1. The predicted octanol–water partition coefficient (Wildman–Crippen LogP) is 2.59. The van der Waals surface area contributed by atoms with Gasteiger partial charge in [-0.3, -0.25) is 4.68 Å². The van der Waals surface area contributed by atoms with Crippen molar-refractivity contribution in [3.63, 3.8) is 0 Å². The maximum atomic E-state index is 11.6. The number of halogens is 1. The maximum Gasteiger partial charge on any atom is 0.356 e. The molecule has 0 atom stereocenters. The Bertz CT molecular complexity index is 917. The quantitative estimate of drug-likeness (QED) is 0.659. The van der Waals surface area contributed by atoms with Crippen LogP contribution in [-0.4, -0.2) is 33.1 Å². The van der Waals surface area contributed by atoms with Gasteiger partial charge in [-0.1, -0.05) is 28.9 Å². The Morgan fingerprint density at radius 1 is 1.35 bits per heavy atom. The maximum absolute atomic E-state index is 11.6. The van der Waals surface area contributed by atoms with Gasteiger partial charge in [0.2, 0.25) is 5.88 Å². The molecule has 0 amide bonds. The smallest absolute Gasteiger partial charge is 0.356 e. The number of carbonyl (C=O) groups is 1. The Balaban J connectivity index is 1.85. The lowest BCUT2D eigenvalue weighted by molar-refractivity contribution is 0.0588. The van der Waals surface area contributed by atoms with Crippen molar-refractivity contribution in [2.75, 3.05) is 7.11 Å². The molecule has 0 unspecified atom stereocenters. The SMILES string of the molecule is COC(=O)c1cc(OCc2c(-c3ccc(Cl)cc3)noc2CO)nn1C. The van der Waals surface area contributed by atoms with Crippen LogP contribution in [-0.2, 0) is 25.0 Å². The van der Waals surface area contributed by atoms with Gasteiger partial charge in [0.05, 0.1) is 12.7 Å². The van der Waals surface area contributed by atoms with Crippen molar-refractivity contribution in [1.82, 2.24) is 14.9 Å². The fourth-order valence-corrected chi connectivity index (χ4v) is 2.53. The molecule has 136 valence electrons. The fourth-order valence-electron chi connectivity index (χ4n) is 2.40. The van der Waals surface area contributed by atoms with Crippen LogP contribution < -0.4 is 4.74 Å². The van der Waals surface area contributed by atoms with Gasteiger partial charge in [0.15, 0.2) is 5.76 Å². The number of hydrogen-bond donors (Lipinski definition) is 1. The van der Waals surface area contributed by atoms with Crippen LogP contribution in [0.3, 0.4) is 0 Å². The zero-order chi connectivity index (χ0) is 18.7. The molecule has 0 aliphatic carbocycles. The standard InChI is InChI=1S/C17H16ClN3O5/c1-21-13(17(23)24-2)7-15(19-21)25-9-12-14(8-22)26-20-16(12)10-3-5-11(18)6-4-10/h3-7,22H,8-9H2,1-2H3. The van der Waals surface area contributed by atoms with Gasteiger partial charge in [0.1, 0.15) is 24.6 Å². The van der Waals surface area contributed by atoms with Gasteiger partial charge in [0, 0.05) is 23.7 Å². The van der Waals surface area contributed by atoms with Gasteiger partial charge in [-0.15, -0.1) is 5.10 Å². The molecule has 1 N–H and O–H groups in total. The Morgan fingerprint density at radius 2 is 2.08 bits per heavy atom. The van der Waals surface area contributed by atoms with Crippen molar-refractivity contribution in [1.29, 1.82) is 0 Å². The second-order valence-corrected chi connectivity index (χ2v) is 5.81. The minimum absolute atomic E-state index is 0.0506. The van der Waals surface area contributed by atoms with E-state index in [2.05, 4.69) is 15.0 Å². The summed E-state index contributed by atoms with van der Waals surface area (Å²) in [6.45, 7) is -0.274. The largest absolute Gasteiger partial charge is 0.471 e. The van der Waals surface area contributed by atoms with Crippen molar-refractivity contribution in [2.24, 2.45) is 7.05 Å². The molecule has 0 radical (unpaired) electrons. The number of nitrogens with zero attached hydrogens (tertiary/aromatic N) is 3. The van der Waals surface area contributed by atoms with E-state index in [0.717, 1.165) is 5.56 Å². The third kappa shape index (κ3) is 3.56. The summed E-state index contributed by atoms with van der Waals surface area (Å²) in [5.41, 5.74) is 2.15. The first-order valence-corrected chi connectivity index (χ1v) is 8.00.